The summed E-state index contributed by atoms with van der Waals surface area (Å²) in [6.45, 7) is 0. The Morgan fingerprint density at radius 1 is 0.968 bits per heavy atom. The van der Waals surface area contributed by atoms with E-state index in [0.717, 1.165) is 10.3 Å². The van der Waals surface area contributed by atoms with Crippen molar-refractivity contribution in [3.63, 3.8) is 0 Å². The number of nitrogens with zero attached hydrogens (tertiary/aromatic N) is 1. The monoisotopic (exact) mass is 451 g/mol. The zero-order chi connectivity index (χ0) is 23.2. The van der Waals surface area contributed by atoms with E-state index in [-0.39, 0.29) is 11.4 Å². The fraction of sp³-hybridized carbons (Fsp3) is 0.286. The van der Waals surface area contributed by atoms with E-state index in [9.17, 15) is 18.3 Å². The first-order chi connectivity index (χ1) is 14.6. The first-order valence-electron chi connectivity index (χ1n) is 9.00. The highest BCUT2D eigenvalue weighted by molar-refractivity contribution is 7.93. The number of rotatable bonds is 9. The smallest absolute Gasteiger partial charge is 0.411 e. The number of benzene rings is 2. The number of carbonyl (C=O) groups is 1. The Balaban J connectivity index is 2.37. The van der Waals surface area contributed by atoms with Gasteiger partial charge in [0.15, 0.2) is 9.84 Å². The van der Waals surface area contributed by atoms with Gasteiger partial charge in [-0.05, 0) is 23.8 Å². The number of methoxy groups -OCH3 is 4. The average Bonchev–Trinajstić information content (AvgIpc) is 2.75. The lowest BCUT2D eigenvalue weighted by Gasteiger charge is -2.17. The predicted molar refractivity (Wildman–Crippen MR) is 117 cm³/mol. The van der Waals surface area contributed by atoms with Gasteiger partial charge in [-0.25, -0.2) is 13.2 Å². The van der Waals surface area contributed by atoms with Gasteiger partial charge in [0.1, 0.15) is 23.0 Å². The van der Waals surface area contributed by atoms with E-state index in [1.165, 1.54) is 53.7 Å². The molecule has 2 aromatic rings. The molecule has 0 radical (unpaired) electrons. The van der Waals surface area contributed by atoms with Crippen LogP contribution in [-0.2, 0) is 15.6 Å². The van der Waals surface area contributed by atoms with Crippen LogP contribution in [0.5, 0.6) is 23.0 Å². The van der Waals surface area contributed by atoms with E-state index in [0.29, 0.717) is 34.1 Å². The standard InChI is InChI=1S/C21H25NO8S/c1-22(21(23)24)17-10-14(6-7-18(17)28-3)13-31(25,26)9-8-16-19(29-4)11-15(27-2)12-20(16)30-5/h6-12H,13H2,1-5H3,(H,23,24)/b9-8+. The van der Waals surface area contributed by atoms with Crippen molar-refractivity contribution < 1.29 is 37.3 Å². The summed E-state index contributed by atoms with van der Waals surface area (Å²) in [5.74, 6) is 1.25. The minimum atomic E-state index is -3.71. The maximum absolute atomic E-state index is 12.7. The van der Waals surface area contributed by atoms with Crippen LogP contribution in [0.2, 0.25) is 0 Å². The second-order valence-corrected chi connectivity index (χ2v) is 8.29. The van der Waals surface area contributed by atoms with Crippen LogP contribution in [0.15, 0.2) is 35.7 Å². The summed E-state index contributed by atoms with van der Waals surface area (Å²) in [7, 11) is 3.46. The maximum atomic E-state index is 12.7. The molecule has 0 spiro atoms. The summed E-state index contributed by atoms with van der Waals surface area (Å²) < 4.78 is 46.4. The number of hydrogen-bond donors (Lipinski definition) is 1. The molecule has 31 heavy (non-hydrogen) atoms. The maximum Gasteiger partial charge on any atom is 0.411 e. The number of ether oxygens (including phenoxy) is 4. The Bertz CT molecular complexity index is 1050. The van der Waals surface area contributed by atoms with Crippen molar-refractivity contribution >= 4 is 27.7 Å². The molecular weight excluding hydrogens is 426 g/mol. The third kappa shape index (κ3) is 5.82. The quantitative estimate of drug-likeness (QED) is 0.617. The van der Waals surface area contributed by atoms with Crippen molar-refractivity contribution in [3.8, 4) is 23.0 Å². The average molecular weight is 451 g/mol. The first kappa shape index (κ1) is 23.9. The van der Waals surface area contributed by atoms with Gasteiger partial charge in [-0.2, -0.15) is 0 Å². The highest BCUT2D eigenvalue weighted by atomic mass is 32.2. The van der Waals surface area contributed by atoms with Crippen LogP contribution in [0.3, 0.4) is 0 Å². The predicted octanol–water partition coefficient (Wildman–Crippen LogP) is 3.42. The molecule has 2 aromatic carbocycles. The lowest BCUT2D eigenvalue weighted by atomic mass is 10.1. The minimum Gasteiger partial charge on any atom is -0.496 e. The summed E-state index contributed by atoms with van der Waals surface area (Å²) in [6.07, 6.45) is 0.192. The van der Waals surface area contributed by atoms with Crippen LogP contribution >= 0.6 is 0 Å². The van der Waals surface area contributed by atoms with Crippen LogP contribution in [0.4, 0.5) is 10.5 Å². The van der Waals surface area contributed by atoms with Crippen LogP contribution in [0.1, 0.15) is 11.1 Å². The molecule has 0 atom stereocenters. The normalized spacial score (nSPS) is 11.3. The van der Waals surface area contributed by atoms with E-state index >= 15 is 0 Å². The van der Waals surface area contributed by atoms with Crippen LogP contribution in [-0.4, -0.2) is 55.1 Å². The topological polar surface area (TPSA) is 112 Å². The largest absolute Gasteiger partial charge is 0.496 e. The molecule has 0 aliphatic carbocycles. The molecule has 168 valence electrons. The molecule has 0 saturated heterocycles. The van der Waals surface area contributed by atoms with Crippen molar-refractivity contribution in [3.05, 3.63) is 46.9 Å². The molecule has 0 aliphatic heterocycles. The minimum absolute atomic E-state index is 0.241. The molecule has 9 nitrogen and oxygen atoms in total. The highest BCUT2D eigenvalue weighted by Crippen LogP contribution is 2.35. The number of hydrogen-bond acceptors (Lipinski definition) is 7. The second-order valence-electron chi connectivity index (χ2n) is 6.40. The van der Waals surface area contributed by atoms with Crippen molar-refractivity contribution in [1.29, 1.82) is 0 Å². The van der Waals surface area contributed by atoms with Gasteiger partial charge in [-0.15, -0.1) is 0 Å². The molecule has 0 heterocycles. The third-order valence-electron chi connectivity index (χ3n) is 4.45. The Labute approximate surface area is 181 Å². The number of sulfone groups is 1. The first-order valence-corrected chi connectivity index (χ1v) is 10.7. The van der Waals surface area contributed by atoms with Gasteiger partial charge in [0.2, 0.25) is 0 Å². The molecule has 2 rings (SSSR count). The molecule has 1 amide bonds. The van der Waals surface area contributed by atoms with Crippen molar-refractivity contribution in [2.24, 2.45) is 0 Å². The Kier molecular flexibility index (Phi) is 7.76. The van der Waals surface area contributed by atoms with E-state index in [4.69, 9.17) is 18.9 Å². The van der Waals surface area contributed by atoms with Crippen molar-refractivity contribution in [2.75, 3.05) is 40.4 Å². The zero-order valence-corrected chi connectivity index (χ0v) is 18.7. The van der Waals surface area contributed by atoms with Gasteiger partial charge >= 0.3 is 6.09 Å². The van der Waals surface area contributed by atoms with Gasteiger partial charge in [-0.1, -0.05) is 6.07 Å². The summed E-state index contributed by atoms with van der Waals surface area (Å²) in [5, 5.41) is 10.3. The summed E-state index contributed by atoms with van der Waals surface area (Å²) in [5.41, 5.74) is 1.09. The van der Waals surface area contributed by atoms with E-state index < -0.39 is 15.9 Å². The Morgan fingerprint density at radius 3 is 2.03 bits per heavy atom. The van der Waals surface area contributed by atoms with Gasteiger partial charge in [0.05, 0.1) is 45.4 Å². The summed E-state index contributed by atoms with van der Waals surface area (Å²) >= 11 is 0. The molecule has 1 N–H and O–H groups in total. The zero-order valence-electron chi connectivity index (χ0n) is 17.9. The molecular formula is C21H25NO8S. The second kappa shape index (κ2) is 10.1. The molecule has 10 heteroatoms. The lowest BCUT2D eigenvalue weighted by molar-refractivity contribution is 0.203. The Morgan fingerprint density at radius 2 is 1.55 bits per heavy atom. The van der Waals surface area contributed by atoms with Crippen LogP contribution in [0.25, 0.3) is 6.08 Å². The lowest BCUT2D eigenvalue weighted by Crippen LogP contribution is -2.24. The molecule has 0 bridgehead atoms. The van der Waals surface area contributed by atoms with Gasteiger partial charge < -0.3 is 24.1 Å². The van der Waals surface area contributed by atoms with Crippen LogP contribution < -0.4 is 23.8 Å². The number of anilines is 1. The molecule has 0 unspecified atom stereocenters. The van der Waals surface area contributed by atoms with E-state index in [2.05, 4.69) is 0 Å². The van der Waals surface area contributed by atoms with Gasteiger partial charge in [0.25, 0.3) is 0 Å². The van der Waals surface area contributed by atoms with Crippen LogP contribution in [0, 0.1) is 0 Å². The third-order valence-corrected chi connectivity index (χ3v) is 5.74. The molecule has 0 aromatic heterocycles. The number of amides is 1. The SMILES string of the molecule is COc1cc(OC)c(/C=C/S(=O)(=O)Cc2ccc(OC)c(N(C)C(=O)O)c2)c(OC)c1. The molecule has 0 fully saturated rings. The summed E-state index contributed by atoms with van der Waals surface area (Å²) in [6, 6.07) is 7.79. The molecule has 0 aliphatic rings. The fourth-order valence-corrected chi connectivity index (χ4v) is 3.92. The number of carboxylic acid groups (broad SMARTS) is 1. The molecule has 0 saturated carbocycles. The fourth-order valence-electron chi connectivity index (χ4n) is 2.84. The van der Waals surface area contributed by atoms with Gasteiger partial charge in [0, 0.05) is 24.6 Å². The van der Waals surface area contributed by atoms with Gasteiger partial charge in [-0.3, -0.25) is 4.90 Å². The van der Waals surface area contributed by atoms with Crippen molar-refractivity contribution in [2.45, 2.75) is 5.75 Å². The Hall–Kier alpha value is -3.40. The highest BCUT2D eigenvalue weighted by Gasteiger charge is 2.18. The van der Waals surface area contributed by atoms with E-state index in [1.54, 1.807) is 18.2 Å². The van der Waals surface area contributed by atoms with Crippen molar-refractivity contribution in [1.82, 2.24) is 0 Å². The van der Waals surface area contributed by atoms with E-state index in [1.807, 2.05) is 0 Å². The summed E-state index contributed by atoms with van der Waals surface area (Å²) in [4.78, 5) is 12.3.